The Morgan fingerprint density at radius 1 is 0.680 bits per heavy atom. The summed E-state index contributed by atoms with van der Waals surface area (Å²) < 4.78 is 2.30. The fraction of sp³-hybridized carbons (Fsp3) is 0.111. The summed E-state index contributed by atoms with van der Waals surface area (Å²) in [5.74, 6) is 6.51. The van der Waals surface area contributed by atoms with Crippen LogP contribution in [0.3, 0.4) is 0 Å². The van der Waals surface area contributed by atoms with Gasteiger partial charge in [0.1, 0.15) is 13.1 Å². The van der Waals surface area contributed by atoms with E-state index in [1.54, 1.807) is 11.8 Å². The zero-order valence-electron chi connectivity index (χ0n) is 27.8. The summed E-state index contributed by atoms with van der Waals surface area (Å²) in [6.45, 7) is 0.901. The van der Waals surface area contributed by atoms with Crippen molar-refractivity contribution in [3.05, 3.63) is 209 Å². The third-order valence-corrected chi connectivity index (χ3v) is 10.0. The van der Waals surface area contributed by atoms with Gasteiger partial charge in [-0.3, -0.25) is 0 Å². The lowest BCUT2D eigenvalue weighted by atomic mass is 9.78. The Morgan fingerprint density at radius 2 is 1.20 bits per heavy atom. The normalized spacial score (nSPS) is 16.9. The molecule has 0 aromatic heterocycles. The van der Waals surface area contributed by atoms with Crippen molar-refractivity contribution in [2.24, 2.45) is 0 Å². The summed E-state index contributed by atoms with van der Waals surface area (Å²) in [5, 5.41) is 11.8. The molecule has 50 heavy (non-hydrogen) atoms. The molecular weight excluding hydrogens is 633 g/mol. The maximum Gasteiger partial charge on any atom is 0.362 e. The number of rotatable bonds is 9. The molecule has 0 spiro atoms. The summed E-state index contributed by atoms with van der Waals surface area (Å²) in [5.41, 5.74) is 5.01. The summed E-state index contributed by atoms with van der Waals surface area (Å²) in [7, 11) is 0. The summed E-state index contributed by atoms with van der Waals surface area (Å²) in [6.07, 6.45) is 2.03. The van der Waals surface area contributed by atoms with Crippen molar-refractivity contribution < 1.29 is 14.5 Å². The number of nitrogens with zero attached hydrogens (tertiary/aromatic N) is 2. The molecule has 1 aliphatic heterocycles. The van der Waals surface area contributed by atoms with Gasteiger partial charge in [0.15, 0.2) is 6.04 Å². The highest BCUT2D eigenvalue weighted by atomic mass is 32.2. The number of benzene rings is 6. The zero-order chi connectivity index (χ0) is 34.3. The van der Waals surface area contributed by atoms with Crippen LogP contribution in [0, 0.1) is 11.8 Å². The topological polar surface area (TPSA) is 43.5 Å². The van der Waals surface area contributed by atoms with Gasteiger partial charge in [-0.1, -0.05) is 133 Å². The number of hydrogen-bond acceptors (Lipinski definition) is 3. The van der Waals surface area contributed by atoms with Crippen molar-refractivity contribution in [1.82, 2.24) is 4.90 Å². The largest absolute Gasteiger partial charge is 0.477 e. The molecular formula is C45H37N2O2S+. The van der Waals surface area contributed by atoms with Crippen molar-refractivity contribution >= 4 is 23.6 Å². The predicted octanol–water partition coefficient (Wildman–Crippen LogP) is 9.00. The lowest BCUT2D eigenvalue weighted by Gasteiger charge is -2.35. The standard InChI is InChI=1S/C45H36N2O2S/c1-50-41-30-28-40(29-31-41)45(44(48)49)42(38-26-24-35(25-27-38)23-22-34-14-6-2-7-15-34)46(32-36-16-8-3-9-17-36)43(39-20-12-5-13-21-39)47(45)33-37-18-10-4-11-19-37/h2-21,24-31,42H,32-33H2,1H3/p+1. The molecule has 0 amide bonds. The van der Waals surface area contributed by atoms with Crippen molar-refractivity contribution in [3.63, 3.8) is 0 Å². The predicted molar refractivity (Wildman–Crippen MR) is 202 cm³/mol. The molecule has 1 N–H and O–H groups in total. The SMILES string of the molecule is CSc1ccc(C2(C(=O)O)C(c3ccc(C#Cc4ccccc4)cc3)[N+](Cc3ccccc3)=C(c3ccccc3)N2Cc2ccccc2)cc1. The maximum atomic E-state index is 14.5. The van der Waals surface area contributed by atoms with Gasteiger partial charge < -0.3 is 5.11 Å². The average molecular weight is 670 g/mol. The molecule has 0 saturated carbocycles. The van der Waals surface area contributed by atoms with E-state index in [4.69, 9.17) is 0 Å². The van der Waals surface area contributed by atoms with E-state index in [0.29, 0.717) is 13.1 Å². The molecule has 2 unspecified atom stereocenters. The van der Waals surface area contributed by atoms with Crippen LogP contribution < -0.4 is 0 Å². The lowest BCUT2D eigenvalue weighted by Crippen LogP contribution is -2.53. The Labute approximate surface area is 298 Å². The number of hydrogen-bond donors (Lipinski definition) is 1. The highest BCUT2D eigenvalue weighted by Gasteiger charge is 2.67. The van der Waals surface area contributed by atoms with E-state index < -0.39 is 17.6 Å². The van der Waals surface area contributed by atoms with Gasteiger partial charge in [0.2, 0.25) is 0 Å². The van der Waals surface area contributed by atoms with E-state index in [0.717, 1.165) is 49.7 Å². The van der Waals surface area contributed by atoms with E-state index in [9.17, 15) is 9.90 Å². The van der Waals surface area contributed by atoms with Gasteiger partial charge >= 0.3 is 5.97 Å². The molecule has 1 heterocycles. The third kappa shape index (κ3) is 6.46. The first kappa shape index (κ1) is 32.7. The van der Waals surface area contributed by atoms with E-state index in [2.05, 4.69) is 69.8 Å². The van der Waals surface area contributed by atoms with Gasteiger partial charge in [-0.25, -0.2) is 14.3 Å². The first-order chi connectivity index (χ1) is 24.6. The molecule has 6 aromatic rings. The van der Waals surface area contributed by atoms with Gasteiger partial charge in [-0.15, -0.1) is 11.8 Å². The van der Waals surface area contributed by atoms with Crippen LogP contribution in [-0.2, 0) is 23.4 Å². The lowest BCUT2D eigenvalue weighted by molar-refractivity contribution is -0.586. The number of thioether (sulfide) groups is 1. The fourth-order valence-electron chi connectivity index (χ4n) is 6.99. The van der Waals surface area contributed by atoms with Gasteiger partial charge in [-0.2, -0.15) is 0 Å². The summed E-state index contributed by atoms with van der Waals surface area (Å²) in [4.78, 5) is 17.7. The van der Waals surface area contributed by atoms with Crippen LogP contribution in [0.15, 0.2) is 175 Å². The van der Waals surface area contributed by atoms with Gasteiger partial charge in [-0.05, 0) is 65.9 Å². The van der Waals surface area contributed by atoms with Crippen LogP contribution in [0.2, 0.25) is 0 Å². The van der Waals surface area contributed by atoms with Crippen molar-refractivity contribution in [1.29, 1.82) is 0 Å². The molecule has 2 atom stereocenters. The average Bonchev–Trinajstić information content (AvgIpc) is 3.45. The highest BCUT2D eigenvalue weighted by Crippen LogP contribution is 2.50. The number of amidine groups is 1. The minimum atomic E-state index is -1.50. The first-order valence-electron chi connectivity index (χ1n) is 16.7. The molecule has 5 heteroatoms. The molecule has 244 valence electrons. The van der Waals surface area contributed by atoms with Crippen LogP contribution in [0.5, 0.6) is 0 Å². The van der Waals surface area contributed by atoms with Gasteiger partial charge in [0.05, 0.1) is 5.56 Å². The Morgan fingerprint density at radius 3 is 1.76 bits per heavy atom. The van der Waals surface area contributed by atoms with E-state index in [-0.39, 0.29) is 0 Å². The Kier molecular flexibility index (Phi) is 9.64. The molecule has 4 nitrogen and oxygen atoms in total. The van der Waals surface area contributed by atoms with E-state index >= 15 is 0 Å². The second-order valence-corrected chi connectivity index (χ2v) is 13.2. The number of carboxylic acid groups (broad SMARTS) is 1. The number of carboxylic acids is 1. The maximum absolute atomic E-state index is 14.5. The Hall–Kier alpha value is -5.83. The second-order valence-electron chi connectivity index (χ2n) is 12.3. The number of carbonyl (C=O) groups is 1. The fourth-order valence-corrected chi connectivity index (χ4v) is 7.40. The molecule has 0 radical (unpaired) electrons. The molecule has 0 fully saturated rings. The smallest absolute Gasteiger partial charge is 0.362 e. The first-order valence-corrected chi connectivity index (χ1v) is 17.9. The monoisotopic (exact) mass is 669 g/mol. The Bertz CT molecular complexity index is 2160. The van der Waals surface area contributed by atoms with Crippen molar-refractivity contribution in [3.8, 4) is 11.8 Å². The van der Waals surface area contributed by atoms with Gasteiger partial charge in [0, 0.05) is 27.1 Å². The summed E-state index contributed by atoms with van der Waals surface area (Å²) >= 11 is 1.64. The quantitative estimate of drug-likeness (QED) is 0.0948. The minimum Gasteiger partial charge on any atom is -0.477 e. The molecule has 0 saturated heterocycles. The van der Waals surface area contributed by atoms with Gasteiger partial charge in [0.25, 0.3) is 11.4 Å². The van der Waals surface area contributed by atoms with Crippen LogP contribution >= 0.6 is 11.8 Å². The molecule has 0 bridgehead atoms. The van der Waals surface area contributed by atoms with Crippen molar-refractivity contribution in [2.75, 3.05) is 6.26 Å². The molecule has 1 aliphatic rings. The minimum absolute atomic E-state index is 0.393. The molecule has 0 aliphatic carbocycles. The van der Waals surface area contributed by atoms with Crippen LogP contribution in [0.25, 0.3) is 0 Å². The van der Waals surface area contributed by atoms with Crippen LogP contribution in [-0.4, -0.2) is 32.6 Å². The van der Waals surface area contributed by atoms with Crippen LogP contribution in [0.1, 0.15) is 45.0 Å². The summed E-state index contributed by atoms with van der Waals surface area (Å²) in [6, 6.07) is 56.2. The Balaban J connectivity index is 1.50. The van der Waals surface area contributed by atoms with Crippen LogP contribution in [0.4, 0.5) is 0 Å². The highest BCUT2D eigenvalue weighted by molar-refractivity contribution is 7.98. The molecule has 6 aromatic carbocycles. The second kappa shape index (κ2) is 14.7. The zero-order valence-corrected chi connectivity index (χ0v) is 28.6. The third-order valence-electron chi connectivity index (χ3n) is 9.28. The van der Waals surface area contributed by atoms with E-state index in [1.807, 2.05) is 128 Å². The van der Waals surface area contributed by atoms with E-state index in [1.165, 1.54) is 0 Å². The van der Waals surface area contributed by atoms with Crippen molar-refractivity contribution in [2.45, 2.75) is 29.6 Å². The number of aliphatic carboxylic acids is 1. The molecule has 7 rings (SSSR count).